The Hall–Kier alpha value is -2.48. The van der Waals surface area contributed by atoms with E-state index in [1.54, 1.807) is 6.92 Å². The average Bonchev–Trinajstić information content (AvgIpc) is 2.58. The third kappa shape index (κ3) is 2.02. The highest BCUT2D eigenvalue weighted by Gasteiger charge is 2.38. The molecule has 2 amide bonds. The van der Waals surface area contributed by atoms with Gasteiger partial charge in [-0.15, -0.1) is 0 Å². The van der Waals surface area contributed by atoms with E-state index in [1.807, 2.05) is 0 Å². The van der Waals surface area contributed by atoms with Gasteiger partial charge in [-0.1, -0.05) is 0 Å². The summed E-state index contributed by atoms with van der Waals surface area (Å²) < 4.78 is 4.99. The maximum Gasteiger partial charge on any atom is 0.311 e. The first-order chi connectivity index (χ1) is 8.97. The molecule has 19 heavy (non-hydrogen) atoms. The predicted octanol–water partition coefficient (Wildman–Crippen LogP) is 0.890. The summed E-state index contributed by atoms with van der Waals surface area (Å²) >= 11 is 0. The van der Waals surface area contributed by atoms with E-state index >= 15 is 0 Å². The van der Waals surface area contributed by atoms with Crippen molar-refractivity contribution in [2.24, 2.45) is 0 Å². The number of nitrogens with zero attached hydrogens (tertiary/aromatic N) is 2. The number of nitro groups is 1. The molecule has 0 saturated carbocycles. The van der Waals surface area contributed by atoms with Gasteiger partial charge < -0.3 is 9.84 Å². The van der Waals surface area contributed by atoms with E-state index in [1.165, 1.54) is 0 Å². The number of hydrogen-bond acceptors (Lipinski definition) is 6. The monoisotopic (exact) mass is 266 g/mol. The number of hydrogen-bond donors (Lipinski definition) is 1. The van der Waals surface area contributed by atoms with Crippen molar-refractivity contribution in [2.45, 2.75) is 6.92 Å². The number of phenolic OH excluding ortho intramolecular Hbond substituents is 1. The van der Waals surface area contributed by atoms with E-state index in [-0.39, 0.29) is 17.9 Å². The summed E-state index contributed by atoms with van der Waals surface area (Å²) in [6.07, 6.45) is 0. The molecule has 0 unspecified atom stereocenters. The van der Waals surface area contributed by atoms with Gasteiger partial charge in [0.2, 0.25) is 0 Å². The van der Waals surface area contributed by atoms with E-state index in [2.05, 4.69) is 0 Å². The van der Waals surface area contributed by atoms with Crippen LogP contribution in [0.4, 0.5) is 5.69 Å². The number of aromatic hydroxyl groups is 1. The Kier molecular flexibility index (Phi) is 3.17. The van der Waals surface area contributed by atoms with Gasteiger partial charge in [-0.3, -0.25) is 19.7 Å². The number of fused-ring (bicyclic) bond motifs is 1. The Morgan fingerprint density at radius 3 is 2.42 bits per heavy atom. The van der Waals surface area contributed by atoms with Crippen LogP contribution < -0.4 is 0 Å². The molecule has 1 aliphatic rings. The van der Waals surface area contributed by atoms with E-state index in [4.69, 9.17) is 4.74 Å². The van der Waals surface area contributed by atoms with Crippen LogP contribution in [-0.4, -0.2) is 40.1 Å². The van der Waals surface area contributed by atoms with E-state index < -0.39 is 28.2 Å². The highest BCUT2D eigenvalue weighted by Crippen LogP contribution is 2.33. The maximum absolute atomic E-state index is 11.9. The highest BCUT2D eigenvalue weighted by atomic mass is 16.6. The number of carbonyl (C=O) groups is 2. The smallest absolute Gasteiger partial charge is 0.311 e. The van der Waals surface area contributed by atoms with Gasteiger partial charge in [0, 0.05) is 18.7 Å². The summed E-state index contributed by atoms with van der Waals surface area (Å²) in [6, 6.07) is 1.83. The number of nitro benzene ring substituents is 1. The summed E-state index contributed by atoms with van der Waals surface area (Å²) in [5.41, 5.74) is -0.778. The van der Waals surface area contributed by atoms with Crippen molar-refractivity contribution in [1.82, 2.24) is 4.90 Å². The Morgan fingerprint density at radius 1 is 1.32 bits per heavy atom. The van der Waals surface area contributed by atoms with Gasteiger partial charge in [0.15, 0.2) is 5.75 Å². The van der Waals surface area contributed by atoms with Crippen LogP contribution in [0, 0.1) is 10.1 Å². The molecule has 1 aliphatic heterocycles. The Labute approximate surface area is 107 Å². The minimum atomic E-state index is -0.821. The van der Waals surface area contributed by atoms with Crippen LogP contribution in [0.2, 0.25) is 0 Å². The quantitative estimate of drug-likeness (QED) is 0.492. The number of benzene rings is 1. The number of carbonyl (C=O) groups excluding carboxylic acids is 2. The van der Waals surface area contributed by atoms with Crippen molar-refractivity contribution in [3.8, 4) is 5.75 Å². The van der Waals surface area contributed by atoms with Crippen LogP contribution in [0.1, 0.15) is 27.6 Å². The van der Waals surface area contributed by atoms with E-state index in [0.29, 0.717) is 6.61 Å². The summed E-state index contributed by atoms with van der Waals surface area (Å²) in [5.74, 6) is -1.96. The van der Waals surface area contributed by atoms with Crippen molar-refractivity contribution >= 4 is 17.5 Å². The zero-order valence-corrected chi connectivity index (χ0v) is 9.95. The zero-order chi connectivity index (χ0) is 14.2. The van der Waals surface area contributed by atoms with Gasteiger partial charge in [0.1, 0.15) is 6.73 Å². The first-order valence-electron chi connectivity index (χ1n) is 5.42. The van der Waals surface area contributed by atoms with Gasteiger partial charge >= 0.3 is 5.69 Å². The SMILES string of the molecule is CCOCN1C(=O)c2cc(O)c([N+](=O)[O-])cc2C1=O. The molecule has 1 aromatic rings. The van der Waals surface area contributed by atoms with Crippen LogP contribution in [0.25, 0.3) is 0 Å². The van der Waals surface area contributed by atoms with Gasteiger partial charge in [0.25, 0.3) is 11.8 Å². The predicted molar refractivity (Wildman–Crippen MR) is 61.8 cm³/mol. The molecule has 0 atom stereocenters. The summed E-state index contributed by atoms with van der Waals surface area (Å²) in [6.45, 7) is 1.80. The third-order valence-electron chi connectivity index (χ3n) is 2.69. The molecule has 0 radical (unpaired) electrons. The molecule has 1 N–H and O–H groups in total. The molecule has 0 bridgehead atoms. The topological polar surface area (TPSA) is 110 Å². The van der Waals surface area contributed by atoms with Crippen molar-refractivity contribution in [2.75, 3.05) is 13.3 Å². The van der Waals surface area contributed by atoms with Crippen LogP contribution >= 0.6 is 0 Å². The second-order valence-electron chi connectivity index (χ2n) is 3.80. The Morgan fingerprint density at radius 2 is 1.89 bits per heavy atom. The second kappa shape index (κ2) is 4.65. The fourth-order valence-corrected chi connectivity index (χ4v) is 1.76. The Bertz CT molecular complexity index is 583. The Balaban J connectivity index is 2.45. The minimum Gasteiger partial charge on any atom is -0.502 e. The van der Waals surface area contributed by atoms with Crippen molar-refractivity contribution in [3.05, 3.63) is 33.4 Å². The van der Waals surface area contributed by atoms with Gasteiger partial charge in [-0.2, -0.15) is 0 Å². The molecule has 2 rings (SSSR count). The molecule has 0 aromatic heterocycles. The van der Waals surface area contributed by atoms with Crippen molar-refractivity contribution in [3.63, 3.8) is 0 Å². The summed E-state index contributed by atoms with van der Waals surface area (Å²) in [7, 11) is 0. The van der Waals surface area contributed by atoms with Crippen LogP contribution in [0.5, 0.6) is 5.75 Å². The first-order valence-corrected chi connectivity index (χ1v) is 5.42. The zero-order valence-electron chi connectivity index (χ0n) is 9.95. The molecule has 0 aliphatic carbocycles. The molecule has 8 nitrogen and oxygen atoms in total. The van der Waals surface area contributed by atoms with Crippen LogP contribution in [0.3, 0.4) is 0 Å². The standard InChI is InChI=1S/C11H10N2O6/c1-2-19-5-12-10(15)6-3-8(13(17)18)9(14)4-7(6)11(12)16/h3-4,14H,2,5H2,1H3. The van der Waals surface area contributed by atoms with Crippen molar-refractivity contribution in [1.29, 1.82) is 0 Å². The first kappa shape index (κ1) is 13.0. The summed E-state index contributed by atoms with van der Waals surface area (Å²) in [4.78, 5) is 34.5. The second-order valence-corrected chi connectivity index (χ2v) is 3.80. The fourth-order valence-electron chi connectivity index (χ4n) is 1.76. The number of amides is 2. The molecule has 1 heterocycles. The van der Waals surface area contributed by atoms with Gasteiger partial charge in [-0.25, -0.2) is 4.90 Å². The molecule has 100 valence electrons. The maximum atomic E-state index is 11.9. The lowest BCUT2D eigenvalue weighted by Gasteiger charge is -2.12. The molecular weight excluding hydrogens is 256 g/mol. The summed E-state index contributed by atoms with van der Waals surface area (Å²) in [5, 5.41) is 20.1. The molecule has 0 saturated heterocycles. The van der Waals surface area contributed by atoms with Crippen LogP contribution in [-0.2, 0) is 4.74 Å². The van der Waals surface area contributed by atoms with Crippen LogP contribution in [0.15, 0.2) is 12.1 Å². The highest BCUT2D eigenvalue weighted by molar-refractivity contribution is 6.21. The molecule has 0 fully saturated rings. The molecular formula is C11H10N2O6. The lowest BCUT2D eigenvalue weighted by atomic mass is 10.1. The lowest BCUT2D eigenvalue weighted by molar-refractivity contribution is -0.385. The number of phenols is 1. The fraction of sp³-hybridized carbons (Fsp3) is 0.273. The van der Waals surface area contributed by atoms with Gasteiger partial charge in [-0.05, 0) is 6.92 Å². The molecule has 8 heteroatoms. The number of imide groups is 1. The van der Waals surface area contributed by atoms with E-state index in [0.717, 1.165) is 17.0 Å². The normalized spacial score (nSPS) is 13.8. The minimum absolute atomic E-state index is 0.0622. The third-order valence-corrected chi connectivity index (χ3v) is 2.69. The average molecular weight is 266 g/mol. The number of ether oxygens (including phenoxy) is 1. The molecule has 1 aromatic carbocycles. The van der Waals surface area contributed by atoms with E-state index in [9.17, 15) is 24.8 Å². The van der Waals surface area contributed by atoms with Gasteiger partial charge in [0.05, 0.1) is 16.1 Å². The van der Waals surface area contributed by atoms with Crippen molar-refractivity contribution < 1.29 is 24.4 Å². The lowest BCUT2D eigenvalue weighted by Crippen LogP contribution is -2.32. The number of rotatable bonds is 4. The molecule has 0 spiro atoms. The largest absolute Gasteiger partial charge is 0.502 e.